The zero-order chi connectivity index (χ0) is 25.9. The third-order valence-electron chi connectivity index (χ3n) is 7.43. The number of aromatic amines is 1. The third kappa shape index (κ3) is 5.72. The van der Waals surface area contributed by atoms with Crippen molar-refractivity contribution in [3.05, 3.63) is 82.8 Å². The van der Waals surface area contributed by atoms with E-state index in [1.165, 1.54) is 16.7 Å². The van der Waals surface area contributed by atoms with E-state index in [1.807, 2.05) is 41.0 Å². The normalized spacial score (nSPS) is 16.0. The number of nitrogens with one attached hydrogen (secondary N) is 1. The fraction of sp³-hybridized carbons (Fsp3) is 0.400. The average molecular weight is 500 g/mol. The Hall–Kier alpha value is -3.58. The Morgan fingerprint density at radius 1 is 1.16 bits per heavy atom. The van der Waals surface area contributed by atoms with Crippen molar-refractivity contribution in [3.63, 3.8) is 0 Å². The largest absolute Gasteiger partial charge is 0.493 e. The second-order valence-electron chi connectivity index (χ2n) is 10.5. The van der Waals surface area contributed by atoms with Gasteiger partial charge in [0.2, 0.25) is 0 Å². The van der Waals surface area contributed by atoms with Crippen LogP contribution in [0.1, 0.15) is 45.6 Å². The summed E-state index contributed by atoms with van der Waals surface area (Å²) in [5.74, 6) is 1.31. The number of benzene rings is 2. The SMILES string of the molecule is Cc1[nH]c2c(C(=O)N3CCCC(COc4cccc(CN(C)Cc5cnn(C)c5)c4)C3)cccc2c1C. The first kappa shape index (κ1) is 25.1. The first-order valence-corrected chi connectivity index (χ1v) is 13.1. The van der Waals surface area contributed by atoms with Crippen molar-refractivity contribution in [1.29, 1.82) is 0 Å². The van der Waals surface area contributed by atoms with Gasteiger partial charge in [0.05, 0.1) is 23.9 Å². The van der Waals surface area contributed by atoms with Crippen LogP contribution in [-0.4, -0.2) is 57.2 Å². The van der Waals surface area contributed by atoms with Crippen LogP contribution in [-0.2, 0) is 20.1 Å². The maximum absolute atomic E-state index is 13.5. The highest BCUT2D eigenvalue weighted by molar-refractivity contribution is 6.06. The van der Waals surface area contributed by atoms with Gasteiger partial charge in [0, 0.05) is 62.0 Å². The van der Waals surface area contributed by atoms with Gasteiger partial charge in [-0.15, -0.1) is 0 Å². The number of para-hydroxylation sites is 1. The minimum absolute atomic E-state index is 0.107. The molecule has 7 heteroatoms. The molecule has 0 saturated carbocycles. The Bertz CT molecular complexity index is 1390. The van der Waals surface area contributed by atoms with Gasteiger partial charge in [-0.25, -0.2) is 0 Å². The standard InChI is InChI=1S/C30H37N5O2/c1-21-22(2)32-29-27(21)11-6-12-28(29)30(36)35-13-7-9-24(19-35)20-37-26-10-5-8-23(14-26)16-33(3)17-25-15-31-34(4)18-25/h5-6,8,10-12,14-15,18,24,32H,7,9,13,16-17,19-20H2,1-4H3. The molecule has 1 amide bonds. The number of carbonyl (C=O) groups excluding carboxylic acids is 1. The van der Waals surface area contributed by atoms with E-state index in [1.54, 1.807) is 0 Å². The molecule has 1 fully saturated rings. The highest BCUT2D eigenvalue weighted by Gasteiger charge is 2.26. The van der Waals surface area contributed by atoms with E-state index >= 15 is 0 Å². The molecule has 1 aliphatic heterocycles. The molecule has 37 heavy (non-hydrogen) atoms. The number of ether oxygens (including phenoxy) is 1. The van der Waals surface area contributed by atoms with Crippen LogP contribution in [0.15, 0.2) is 54.9 Å². The number of likely N-dealkylation sites (tertiary alicyclic amines) is 1. The lowest BCUT2D eigenvalue weighted by atomic mass is 9.97. The number of hydrogen-bond acceptors (Lipinski definition) is 4. The van der Waals surface area contributed by atoms with Gasteiger partial charge in [0.25, 0.3) is 5.91 Å². The number of piperidine rings is 1. The van der Waals surface area contributed by atoms with Gasteiger partial charge in [-0.3, -0.25) is 14.4 Å². The van der Waals surface area contributed by atoms with E-state index < -0.39 is 0 Å². The van der Waals surface area contributed by atoms with E-state index in [-0.39, 0.29) is 5.91 Å². The molecule has 194 valence electrons. The van der Waals surface area contributed by atoms with Gasteiger partial charge in [-0.2, -0.15) is 5.10 Å². The van der Waals surface area contributed by atoms with Gasteiger partial charge >= 0.3 is 0 Å². The fourth-order valence-corrected chi connectivity index (χ4v) is 5.40. The van der Waals surface area contributed by atoms with Crippen molar-refractivity contribution in [3.8, 4) is 5.75 Å². The van der Waals surface area contributed by atoms with E-state index in [2.05, 4.69) is 66.3 Å². The first-order valence-electron chi connectivity index (χ1n) is 13.1. The van der Waals surface area contributed by atoms with Crippen LogP contribution in [0.4, 0.5) is 0 Å². The number of aromatic nitrogens is 3. The number of fused-ring (bicyclic) bond motifs is 1. The van der Waals surface area contributed by atoms with Gasteiger partial charge in [0.15, 0.2) is 0 Å². The van der Waals surface area contributed by atoms with Crippen LogP contribution in [0, 0.1) is 19.8 Å². The predicted octanol–water partition coefficient (Wildman–Crippen LogP) is 5.08. The molecule has 3 heterocycles. The number of hydrogen-bond donors (Lipinski definition) is 1. The topological polar surface area (TPSA) is 66.4 Å². The molecule has 0 aliphatic carbocycles. The van der Waals surface area contributed by atoms with Crippen molar-refractivity contribution in [2.24, 2.45) is 13.0 Å². The van der Waals surface area contributed by atoms with E-state index in [9.17, 15) is 4.79 Å². The van der Waals surface area contributed by atoms with Crippen molar-refractivity contribution in [2.75, 3.05) is 26.7 Å². The number of nitrogens with zero attached hydrogens (tertiary/aromatic N) is 4. The van der Waals surface area contributed by atoms with E-state index in [4.69, 9.17) is 4.74 Å². The first-order chi connectivity index (χ1) is 17.9. The Balaban J connectivity index is 1.18. The molecule has 1 aliphatic rings. The smallest absolute Gasteiger partial charge is 0.255 e. The van der Waals surface area contributed by atoms with Crippen molar-refractivity contribution < 1.29 is 9.53 Å². The van der Waals surface area contributed by atoms with Crippen molar-refractivity contribution >= 4 is 16.8 Å². The average Bonchev–Trinajstić information content (AvgIpc) is 3.43. The summed E-state index contributed by atoms with van der Waals surface area (Å²) in [6, 6.07) is 14.4. The minimum atomic E-state index is 0.107. The molecule has 0 bridgehead atoms. The summed E-state index contributed by atoms with van der Waals surface area (Å²) in [6.45, 7) is 7.98. The number of aryl methyl sites for hydroxylation is 3. The molecule has 0 spiro atoms. The van der Waals surface area contributed by atoms with Crippen LogP contribution < -0.4 is 4.74 Å². The van der Waals surface area contributed by atoms with Crippen LogP contribution >= 0.6 is 0 Å². The molecular formula is C30H37N5O2. The molecule has 7 nitrogen and oxygen atoms in total. The minimum Gasteiger partial charge on any atom is -0.493 e. The number of rotatable bonds is 8. The lowest BCUT2D eigenvalue weighted by molar-refractivity contribution is 0.0635. The molecule has 5 rings (SSSR count). The van der Waals surface area contributed by atoms with Gasteiger partial charge < -0.3 is 14.6 Å². The number of amides is 1. The van der Waals surface area contributed by atoms with Crippen LogP contribution in [0.3, 0.4) is 0 Å². The Kier molecular flexibility index (Phi) is 7.33. The highest BCUT2D eigenvalue weighted by atomic mass is 16.5. The molecule has 2 aromatic heterocycles. The predicted molar refractivity (Wildman–Crippen MR) is 147 cm³/mol. The Morgan fingerprint density at radius 2 is 1.97 bits per heavy atom. The fourth-order valence-electron chi connectivity index (χ4n) is 5.40. The Labute approximate surface area is 219 Å². The molecule has 1 N–H and O–H groups in total. The molecular weight excluding hydrogens is 462 g/mol. The summed E-state index contributed by atoms with van der Waals surface area (Å²) >= 11 is 0. The van der Waals surface area contributed by atoms with E-state index in [0.717, 1.165) is 66.9 Å². The quantitative estimate of drug-likeness (QED) is 0.367. The second-order valence-corrected chi connectivity index (χ2v) is 10.5. The number of carbonyl (C=O) groups is 1. The molecule has 2 aromatic carbocycles. The molecule has 4 aromatic rings. The summed E-state index contributed by atoms with van der Waals surface area (Å²) in [6.07, 6.45) is 6.03. The van der Waals surface area contributed by atoms with Crippen LogP contribution in [0.2, 0.25) is 0 Å². The zero-order valence-corrected chi connectivity index (χ0v) is 22.3. The zero-order valence-electron chi connectivity index (χ0n) is 22.3. The van der Waals surface area contributed by atoms with E-state index in [0.29, 0.717) is 12.5 Å². The van der Waals surface area contributed by atoms with Crippen LogP contribution in [0.5, 0.6) is 5.75 Å². The maximum Gasteiger partial charge on any atom is 0.255 e. The number of H-pyrrole nitrogens is 1. The molecule has 0 radical (unpaired) electrons. The monoisotopic (exact) mass is 499 g/mol. The summed E-state index contributed by atoms with van der Waals surface area (Å²) in [5, 5.41) is 5.39. The van der Waals surface area contributed by atoms with Gasteiger partial charge in [-0.05, 0) is 63.1 Å². The summed E-state index contributed by atoms with van der Waals surface area (Å²) < 4.78 is 8.07. The maximum atomic E-state index is 13.5. The lowest BCUT2D eigenvalue weighted by Gasteiger charge is -2.33. The third-order valence-corrected chi connectivity index (χ3v) is 7.43. The lowest BCUT2D eigenvalue weighted by Crippen LogP contribution is -2.41. The molecule has 1 atom stereocenters. The van der Waals surface area contributed by atoms with Gasteiger partial charge in [-0.1, -0.05) is 24.3 Å². The van der Waals surface area contributed by atoms with Crippen molar-refractivity contribution in [1.82, 2.24) is 24.6 Å². The molecule has 1 saturated heterocycles. The summed E-state index contributed by atoms with van der Waals surface area (Å²) in [7, 11) is 4.06. The summed E-state index contributed by atoms with van der Waals surface area (Å²) in [5.41, 5.74) is 6.45. The van der Waals surface area contributed by atoms with Crippen molar-refractivity contribution in [2.45, 2.75) is 39.8 Å². The highest BCUT2D eigenvalue weighted by Crippen LogP contribution is 2.27. The molecule has 1 unspecified atom stereocenters. The summed E-state index contributed by atoms with van der Waals surface area (Å²) in [4.78, 5) is 21.2. The second kappa shape index (κ2) is 10.8. The van der Waals surface area contributed by atoms with Gasteiger partial charge in [0.1, 0.15) is 5.75 Å². The van der Waals surface area contributed by atoms with Crippen LogP contribution in [0.25, 0.3) is 10.9 Å². The Morgan fingerprint density at radius 3 is 2.78 bits per heavy atom.